The molecule has 1 amide bonds. The van der Waals surface area contributed by atoms with E-state index in [9.17, 15) is 4.79 Å². The molecule has 5 rings (SSSR count). The first kappa shape index (κ1) is 19.0. The third-order valence-corrected chi connectivity index (χ3v) is 6.02. The summed E-state index contributed by atoms with van der Waals surface area (Å²) in [7, 11) is 1.62. The van der Waals surface area contributed by atoms with Gasteiger partial charge in [0, 0.05) is 34.3 Å². The van der Waals surface area contributed by atoms with Crippen LogP contribution in [0.15, 0.2) is 60.9 Å². The molecule has 154 valence electrons. The van der Waals surface area contributed by atoms with Crippen molar-refractivity contribution in [1.82, 2.24) is 19.6 Å². The Bertz CT molecular complexity index is 1430. The van der Waals surface area contributed by atoms with Gasteiger partial charge in [-0.15, -0.1) is 21.5 Å². The Balaban J connectivity index is 1.44. The second-order valence-electron chi connectivity index (χ2n) is 6.77. The Hall–Kier alpha value is -3.98. The molecule has 2 N–H and O–H groups in total. The molecule has 0 aliphatic heterocycles. The van der Waals surface area contributed by atoms with Gasteiger partial charge in [0.15, 0.2) is 11.5 Å². The number of amides is 1. The smallest absolute Gasteiger partial charge is 0.258 e. The van der Waals surface area contributed by atoms with E-state index < -0.39 is 5.91 Å². The number of methoxy groups -OCH3 is 1. The summed E-state index contributed by atoms with van der Waals surface area (Å²) >= 11 is 1.35. The van der Waals surface area contributed by atoms with E-state index in [1.807, 2.05) is 53.1 Å². The largest absolute Gasteiger partial charge is 0.497 e. The lowest BCUT2D eigenvalue weighted by Gasteiger charge is -2.09. The van der Waals surface area contributed by atoms with Crippen molar-refractivity contribution in [2.45, 2.75) is 6.61 Å². The van der Waals surface area contributed by atoms with Crippen LogP contribution in [-0.2, 0) is 6.61 Å². The van der Waals surface area contributed by atoms with E-state index in [0.29, 0.717) is 22.1 Å². The summed E-state index contributed by atoms with van der Waals surface area (Å²) in [5, 5.41) is 9.37. The number of rotatable bonds is 6. The first-order valence-electron chi connectivity index (χ1n) is 9.41. The van der Waals surface area contributed by atoms with Gasteiger partial charge in [0.1, 0.15) is 18.1 Å². The number of carbonyl (C=O) groups excluding carboxylic acids is 1. The predicted molar refractivity (Wildman–Crippen MR) is 117 cm³/mol. The van der Waals surface area contributed by atoms with Gasteiger partial charge in [0.05, 0.1) is 17.5 Å². The van der Waals surface area contributed by atoms with Crippen LogP contribution in [0, 0.1) is 0 Å². The number of primary amides is 1. The molecule has 0 fully saturated rings. The van der Waals surface area contributed by atoms with Gasteiger partial charge in [-0.2, -0.15) is 0 Å². The molecule has 0 aliphatic carbocycles. The number of nitrogens with two attached hydrogens (primary N) is 1. The molecule has 0 aliphatic rings. The Morgan fingerprint density at radius 1 is 1.13 bits per heavy atom. The zero-order valence-corrected chi connectivity index (χ0v) is 17.3. The molecule has 4 heterocycles. The predicted octanol–water partition coefficient (Wildman–Crippen LogP) is 3.69. The third-order valence-electron chi connectivity index (χ3n) is 4.87. The van der Waals surface area contributed by atoms with E-state index in [0.717, 1.165) is 27.1 Å². The van der Waals surface area contributed by atoms with Crippen molar-refractivity contribution in [3.05, 3.63) is 71.6 Å². The van der Waals surface area contributed by atoms with Crippen LogP contribution < -0.4 is 15.2 Å². The highest BCUT2D eigenvalue weighted by molar-refractivity contribution is 7.17. The van der Waals surface area contributed by atoms with Gasteiger partial charge in [-0.25, -0.2) is 0 Å². The number of benzene rings is 1. The third kappa shape index (κ3) is 3.55. The molecule has 5 aromatic rings. The number of hydrogen-bond donors (Lipinski definition) is 1. The van der Waals surface area contributed by atoms with E-state index >= 15 is 0 Å². The number of aromatic nitrogens is 4. The summed E-state index contributed by atoms with van der Waals surface area (Å²) < 4.78 is 13.2. The zero-order chi connectivity index (χ0) is 21.4. The van der Waals surface area contributed by atoms with Crippen LogP contribution in [0.2, 0.25) is 0 Å². The molecule has 31 heavy (non-hydrogen) atoms. The monoisotopic (exact) mass is 431 g/mol. The van der Waals surface area contributed by atoms with Crippen molar-refractivity contribution < 1.29 is 14.3 Å². The van der Waals surface area contributed by atoms with Crippen LogP contribution in [0.1, 0.15) is 15.5 Å². The fraction of sp³-hybridized carbons (Fsp3) is 0.0909. The maximum atomic E-state index is 11.4. The van der Waals surface area contributed by atoms with E-state index in [1.165, 1.54) is 11.3 Å². The quantitative estimate of drug-likeness (QED) is 0.440. The number of fused-ring (bicyclic) bond motifs is 2. The number of nitrogens with zero attached hydrogens (tertiary/aromatic N) is 4. The van der Waals surface area contributed by atoms with Crippen molar-refractivity contribution in [1.29, 1.82) is 0 Å². The molecule has 4 aromatic heterocycles. The topological polar surface area (TPSA) is 105 Å². The highest BCUT2D eigenvalue weighted by atomic mass is 32.1. The molecule has 8 nitrogen and oxygen atoms in total. The van der Waals surface area contributed by atoms with Gasteiger partial charge in [-0.3, -0.25) is 14.2 Å². The van der Waals surface area contributed by atoms with Crippen LogP contribution in [0.4, 0.5) is 0 Å². The van der Waals surface area contributed by atoms with Crippen molar-refractivity contribution in [3.63, 3.8) is 0 Å². The highest BCUT2D eigenvalue weighted by Crippen LogP contribution is 2.29. The summed E-state index contributed by atoms with van der Waals surface area (Å²) in [6.45, 7) is 0.229. The summed E-state index contributed by atoms with van der Waals surface area (Å²) in [4.78, 5) is 17.2. The van der Waals surface area contributed by atoms with Gasteiger partial charge < -0.3 is 15.2 Å². The number of ether oxygens (including phenoxy) is 2. The molecule has 9 heteroatoms. The van der Waals surface area contributed by atoms with Gasteiger partial charge in [0.25, 0.3) is 5.91 Å². The maximum Gasteiger partial charge on any atom is 0.258 e. The summed E-state index contributed by atoms with van der Waals surface area (Å²) in [6, 6.07) is 14.9. The van der Waals surface area contributed by atoms with E-state index in [2.05, 4.69) is 15.2 Å². The molecular weight excluding hydrogens is 414 g/mol. The second-order valence-corrected chi connectivity index (χ2v) is 7.85. The zero-order valence-electron chi connectivity index (χ0n) is 16.5. The Kier molecular flexibility index (Phi) is 4.72. The lowest BCUT2D eigenvalue weighted by atomic mass is 10.2. The van der Waals surface area contributed by atoms with E-state index in [-0.39, 0.29) is 6.61 Å². The molecule has 0 radical (unpaired) electrons. The Labute approximate surface area is 180 Å². The number of thiophene rings is 1. The lowest BCUT2D eigenvalue weighted by Crippen LogP contribution is -2.07. The fourth-order valence-electron chi connectivity index (χ4n) is 3.30. The van der Waals surface area contributed by atoms with E-state index in [1.54, 1.807) is 19.4 Å². The van der Waals surface area contributed by atoms with Crippen LogP contribution in [0.5, 0.6) is 11.5 Å². The molecule has 1 aromatic carbocycles. The number of carbonyl (C=O) groups is 1. The van der Waals surface area contributed by atoms with Crippen LogP contribution in [0.25, 0.3) is 27.0 Å². The van der Waals surface area contributed by atoms with Crippen molar-refractivity contribution in [2.24, 2.45) is 5.73 Å². The van der Waals surface area contributed by atoms with Crippen molar-refractivity contribution in [2.75, 3.05) is 7.11 Å². The van der Waals surface area contributed by atoms with Crippen LogP contribution in [-0.4, -0.2) is 32.6 Å². The molecular formula is C22H17N5O3S. The molecule has 0 saturated heterocycles. The minimum atomic E-state index is -0.432. The van der Waals surface area contributed by atoms with Gasteiger partial charge in [-0.1, -0.05) is 0 Å². The maximum absolute atomic E-state index is 11.4. The van der Waals surface area contributed by atoms with Gasteiger partial charge in [0.2, 0.25) is 0 Å². The number of hydrogen-bond acceptors (Lipinski definition) is 7. The van der Waals surface area contributed by atoms with Crippen molar-refractivity contribution in [3.8, 4) is 21.9 Å². The lowest BCUT2D eigenvalue weighted by molar-refractivity contribution is 0.100. The first-order valence-corrected chi connectivity index (χ1v) is 10.2. The standard InChI is InChI=1S/C22H17N5O3S/c1-29-14-3-4-15-16(10-14)24-9-8-17(15)30-12-21-26-25-20-7-2-13(11-27(20)21)18-5-6-19(31-18)22(23)28/h2-11H,12H2,1H3,(H2,23,28). The first-order chi connectivity index (χ1) is 15.1. The van der Waals surface area contributed by atoms with Gasteiger partial charge in [-0.05, 0) is 42.5 Å². The molecule has 0 saturated carbocycles. The van der Waals surface area contributed by atoms with Crippen LogP contribution >= 0.6 is 11.3 Å². The fourth-order valence-corrected chi connectivity index (χ4v) is 4.15. The average Bonchev–Trinajstić information content (AvgIpc) is 3.44. The molecule has 0 unspecified atom stereocenters. The van der Waals surface area contributed by atoms with E-state index in [4.69, 9.17) is 15.2 Å². The van der Waals surface area contributed by atoms with Crippen LogP contribution in [0.3, 0.4) is 0 Å². The number of pyridine rings is 2. The normalized spacial score (nSPS) is 11.1. The highest BCUT2D eigenvalue weighted by Gasteiger charge is 2.12. The van der Waals surface area contributed by atoms with Crippen molar-refractivity contribution >= 4 is 33.8 Å². The SMILES string of the molecule is COc1ccc2c(OCc3nnc4ccc(-c5ccc(C(N)=O)s5)cn34)ccnc2c1. The Morgan fingerprint density at radius 3 is 2.84 bits per heavy atom. The minimum Gasteiger partial charge on any atom is -0.497 e. The second kappa shape index (κ2) is 7.69. The minimum absolute atomic E-state index is 0.229. The summed E-state index contributed by atoms with van der Waals surface area (Å²) in [5.74, 6) is 1.66. The molecule has 0 atom stereocenters. The summed E-state index contributed by atoms with van der Waals surface area (Å²) in [5.41, 5.74) is 7.80. The average molecular weight is 431 g/mol. The molecule has 0 bridgehead atoms. The van der Waals surface area contributed by atoms with Gasteiger partial charge >= 0.3 is 0 Å². The summed E-state index contributed by atoms with van der Waals surface area (Å²) in [6.07, 6.45) is 3.63. The molecule has 0 spiro atoms. The Morgan fingerprint density at radius 2 is 2.03 bits per heavy atom.